The summed E-state index contributed by atoms with van der Waals surface area (Å²) in [6, 6.07) is 0. The van der Waals surface area contributed by atoms with Gasteiger partial charge in [-0.3, -0.25) is 9.59 Å². The molecule has 8 aliphatic carbocycles. The van der Waals surface area contributed by atoms with Gasteiger partial charge in [-0.15, -0.1) is 0 Å². The summed E-state index contributed by atoms with van der Waals surface area (Å²) in [5, 5.41) is 10.8. The summed E-state index contributed by atoms with van der Waals surface area (Å²) in [4.78, 5) is 45.0. The number of carboxylic acid groups (broad SMARTS) is 2. The van der Waals surface area contributed by atoms with E-state index in [2.05, 4.69) is 21.1 Å². The first kappa shape index (κ1) is 69.7. The van der Waals surface area contributed by atoms with E-state index in [1.807, 2.05) is 0 Å². The van der Waals surface area contributed by atoms with Crippen LogP contribution in [0.5, 0.6) is 0 Å². The van der Waals surface area contributed by atoms with Crippen LogP contribution in [0.3, 0.4) is 0 Å². The summed E-state index contributed by atoms with van der Waals surface area (Å²) in [5.41, 5.74) is -5.11. The molecule has 35 heteroatoms. The van der Waals surface area contributed by atoms with Crippen LogP contribution in [-0.2, 0) is 53.6 Å². The minimum atomic E-state index is -6.69. The van der Waals surface area contributed by atoms with Crippen LogP contribution in [0.4, 0.5) is 52.7 Å². The van der Waals surface area contributed by atoms with Crippen LogP contribution in [0, 0.1) is 34.5 Å². The van der Waals surface area contributed by atoms with Crippen LogP contribution in [0.25, 0.3) is 0 Å². The van der Waals surface area contributed by atoms with Crippen LogP contribution in [-0.4, -0.2) is 129 Å². The Morgan fingerprint density at radius 3 is 1.17 bits per heavy atom. The molecule has 0 spiro atoms. The predicted molar refractivity (Wildman–Crippen MR) is 186 cm³/mol. The van der Waals surface area contributed by atoms with Crippen molar-refractivity contribution in [2.24, 2.45) is 34.5 Å². The quantitative estimate of drug-likeness (QED) is 0.0444. The Hall–Kier alpha value is 0.666. The maximum Gasteiger partial charge on any atom is 1.00 e. The Morgan fingerprint density at radius 2 is 0.899 bits per heavy atom. The maximum absolute atomic E-state index is 13.8. The number of alkyl halides is 13. The zero-order valence-electron chi connectivity index (χ0n) is 36.4. The van der Waals surface area contributed by atoms with Crippen molar-refractivity contribution in [1.82, 2.24) is 0 Å². The van der Waals surface area contributed by atoms with E-state index >= 15 is 0 Å². The third kappa shape index (κ3) is 15.4. The fourth-order valence-corrected chi connectivity index (χ4v) is 11.7. The van der Waals surface area contributed by atoms with E-state index in [1.165, 1.54) is 0 Å². The normalized spacial score (nSPS) is 30.3. The molecule has 0 aromatic rings. The van der Waals surface area contributed by atoms with Crippen LogP contribution < -0.4 is 110 Å². The van der Waals surface area contributed by atoms with Gasteiger partial charge in [0.1, 0.15) is 0 Å². The minimum absolute atomic E-state index is 0. The summed E-state index contributed by atoms with van der Waals surface area (Å²) >= 11 is 3.94. The summed E-state index contributed by atoms with van der Waals surface area (Å²) in [6.45, 7) is -2.50. The van der Waals surface area contributed by atoms with Gasteiger partial charge in [0.15, 0.2) is 20.2 Å². The van der Waals surface area contributed by atoms with Gasteiger partial charge in [0.05, 0.1) is 48.1 Å². The van der Waals surface area contributed by atoms with E-state index in [0.29, 0.717) is 32.1 Å². The van der Waals surface area contributed by atoms with Gasteiger partial charge in [-0.05, 0) is 112 Å². The second-order valence-corrected chi connectivity index (χ2v) is 21.1. The summed E-state index contributed by atoms with van der Waals surface area (Å²) in [6.07, 6.45) is -4.62. The fraction of sp³-hybridized carbons (Fsp3) is 0.882. The van der Waals surface area contributed by atoms with Crippen molar-refractivity contribution in [3.63, 3.8) is 0 Å². The number of halogens is 13. The molecule has 8 saturated carbocycles. The Labute approximate surface area is 476 Å². The van der Waals surface area contributed by atoms with E-state index in [9.17, 15) is 98.1 Å². The van der Waals surface area contributed by atoms with Gasteiger partial charge < -0.3 is 44.1 Å². The SMILES string of the molecule is O=C(O)C(F)(F)Cl.O=C(OCCC(F)(F)C(F)(F)S(=O)(=O)[O-])C12CC3CC(CC(O)(C3)C1)C2.O=C(OCCC(F)(F)C(F)(F)S(=O)(=O)[O-])C12CC3CC(CC(OC(F)(F)C(=O)O)(C3)C1)C2.[K+].[Na+].[Na+].[OH-]. The molecule has 0 aromatic carbocycles. The van der Waals surface area contributed by atoms with Crippen molar-refractivity contribution in [3.8, 4) is 0 Å². The van der Waals surface area contributed by atoms with Gasteiger partial charge in [0, 0.05) is 0 Å². The summed E-state index contributed by atoms with van der Waals surface area (Å²) in [7, 11) is -13.3. The average molecular weight is 1130 g/mol. The molecular formula is C34H40ClF12KNa2O17S2. The minimum Gasteiger partial charge on any atom is -0.870 e. The number of hydrogen-bond donors (Lipinski definition) is 3. The van der Waals surface area contributed by atoms with E-state index in [0.717, 1.165) is 6.42 Å². The smallest absolute Gasteiger partial charge is 0.870 e. The largest absolute Gasteiger partial charge is 1.00 e. The number of aliphatic hydroxyl groups is 1. The van der Waals surface area contributed by atoms with Crippen LogP contribution in [0.15, 0.2) is 0 Å². The molecule has 8 bridgehead atoms. The van der Waals surface area contributed by atoms with Crippen LogP contribution in [0.1, 0.15) is 89.9 Å². The molecule has 69 heavy (non-hydrogen) atoms. The molecule has 0 saturated heterocycles. The molecule has 4 N–H and O–H groups in total. The Kier molecular flexibility index (Phi) is 23.7. The van der Waals surface area contributed by atoms with Gasteiger partial charge in [-0.1, -0.05) is 0 Å². The second-order valence-electron chi connectivity index (χ2n) is 17.7. The van der Waals surface area contributed by atoms with Crippen molar-refractivity contribution in [2.75, 3.05) is 13.2 Å². The molecule has 0 aliphatic heterocycles. The number of rotatable bonds is 16. The number of esters is 2. The first-order valence-electron chi connectivity index (χ1n) is 19.1. The summed E-state index contributed by atoms with van der Waals surface area (Å²) in [5.74, 6) is -17.6. The number of carboxylic acids is 2. The molecule has 0 amide bonds. The predicted octanol–water partition coefficient (Wildman–Crippen LogP) is -3.51. The van der Waals surface area contributed by atoms with E-state index < -0.39 is 126 Å². The number of hydrogen-bond acceptors (Lipinski definition) is 15. The molecular weight excluding hydrogens is 1090 g/mol. The number of ether oxygens (including phenoxy) is 3. The third-order valence-electron chi connectivity index (χ3n) is 12.5. The molecule has 0 aromatic heterocycles. The van der Waals surface area contributed by atoms with Crippen molar-refractivity contribution < 1.29 is 243 Å². The van der Waals surface area contributed by atoms with E-state index in [-0.39, 0.29) is 178 Å². The third-order valence-corrected chi connectivity index (χ3v) is 14.5. The topological polar surface area (TPSA) is 301 Å². The second kappa shape index (κ2) is 23.5. The van der Waals surface area contributed by atoms with Crippen LogP contribution >= 0.6 is 11.6 Å². The zero-order valence-corrected chi connectivity index (χ0v) is 46.0. The van der Waals surface area contributed by atoms with Gasteiger partial charge in [0.2, 0.25) is 0 Å². The van der Waals surface area contributed by atoms with Crippen molar-refractivity contribution in [3.05, 3.63) is 0 Å². The molecule has 8 fully saturated rings. The molecule has 0 radical (unpaired) electrons. The number of carbonyl (C=O) groups excluding carboxylic acids is 2. The number of carbonyl (C=O) groups is 4. The Bertz CT molecular complexity index is 2080. The Morgan fingerprint density at radius 1 is 0.594 bits per heavy atom. The monoisotopic (exact) mass is 1130 g/mol. The van der Waals surface area contributed by atoms with Gasteiger partial charge in [-0.2, -0.15) is 52.7 Å². The fourth-order valence-electron chi connectivity index (χ4n) is 10.8. The molecule has 8 rings (SSSR count). The molecule has 17 nitrogen and oxygen atoms in total. The maximum atomic E-state index is 13.8. The molecule has 384 valence electrons. The van der Waals surface area contributed by atoms with Crippen molar-refractivity contribution in [2.45, 2.75) is 135 Å². The molecule has 4 unspecified atom stereocenters. The number of aliphatic carboxylic acids is 2. The summed E-state index contributed by atoms with van der Waals surface area (Å²) < 4.78 is 232. The zero-order chi connectivity index (χ0) is 50.1. The van der Waals surface area contributed by atoms with Crippen molar-refractivity contribution >= 4 is 55.7 Å². The molecule has 8 aliphatic rings. The van der Waals surface area contributed by atoms with Crippen molar-refractivity contribution in [1.29, 1.82) is 0 Å². The first-order valence-corrected chi connectivity index (χ1v) is 22.3. The van der Waals surface area contributed by atoms with Crippen LogP contribution in [0.2, 0.25) is 0 Å². The Balaban J connectivity index is 0.00000113. The van der Waals surface area contributed by atoms with Gasteiger partial charge >= 0.3 is 168 Å². The first-order chi connectivity index (χ1) is 29.0. The van der Waals surface area contributed by atoms with Gasteiger partial charge in [-0.25, -0.2) is 26.4 Å². The van der Waals surface area contributed by atoms with Gasteiger partial charge in [0.25, 0.3) is 0 Å². The standard InChI is InChI=1S/C17H20F6O8S.C15H20F4O6S.C2HClF2O2.K.2Na.H2O/c18-15(19,17(22,23)32(27,28)29)1-2-30-12(26)13-4-9-3-10(5-13)7-14(6-9,8-13)31-16(20,21)11(24)25;16-14(17,15(18,19)26(22,23)24)1-2-25-11(20)12-4-9-3-10(5-12)7-13(21,6-9)8-12;3-2(4,5)1(6)7;;;;/h9-10H,1-8H2,(H,24,25)(H,27,28,29);9-10,21H,1-8H2,(H,22,23,24);(H,6,7);;;;1H2/q;;;3*+1;/p-3. The van der Waals surface area contributed by atoms with E-state index in [4.69, 9.17) is 19.7 Å². The molecule has 4 atom stereocenters. The van der Waals surface area contributed by atoms with E-state index in [1.54, 1.807) is 0 Å². The molecule has 0 heterocycles. The average Bonchev–Trinajstić information content (AvgIpc) is 3.08.